The summed E-state index contributed by atoms with van der Waals surface area (Å²) in [5.41, 5.74) is 1.84. The Bertz CT molecular complexity index is 978. The molecular formula is C20H16N2O4. The number of nitrogens with zero attached hydrogens (tertiary/aromatic N) is 2. The van der Waals surface area contributed by atoms with Gasteiger partial charge in [0.05, 0.1) is 13.4 Å². The molecule has 0 saturated carbocycles. The number of hydrogen-bond acceptors (Lipinski definition) is 6. The van der Waals surface area contributed by atoms with E-state index in [9.17, 15) is 0 Å². The minimum atomic E-state index is 0.327. The minimum absolute atomic E-state index is 0.327. The van der Waals surface area contributed by atoms with E-state index < -0.39 is 0 Å². The van der Waals surface area contributed by atoms with Crippen molar-refractivity contribution >= 4 is 0 Å². The summed E-state index contributed by atoms with van der Waals surface area (Å²) >= 11 is 0. The van der Waals surface area contributed by atoms with Gasteiger partial charge in [0.15, 0.2) is 17.3 Å². The Morgan fingerprint density at radius 3 is 2.62 bits per heavy atom. The zero-order chi connectivity index (χ0) is 17.8. The maximum Gasteiger partial charge on any atom is 0.293 e. The van der Waals surface area contributed by atoms with E-state index >= 15 is 0 Å². The summed E-state index contributed by atoms with van der Waals surface area (Å²) in [6.07, 6.45) is 1.56. The maximum atomic E-state index is 5.86. The highest BCUT2D eigenvalue weighted by Gasteiger charge is 2.15. The van der Waals surface area contributed by atoms with E-state index in [4.69, 9.17) is 18.4 Å². The van der Waals surface area contributed by atoms with Crippen LogP contribution in [0.5, 0.6) is 11.5 Å². The van der Waals surface area contributed by atoms with Crippen LogP contribution >= 0.6 is 0 Å². The zero-order valence-corrected chi connectivity index (χ0v) is 14.1. The van der Waals surface area contributed by atoms with Crippen LogP contribution in [0.4, 0.5) is 0 Å². The Morgan fingerprint density at radius 2 is 1.85 bits per heavy atom. The molecule has 4 rings (SSSR count). The van der Waals surface area contributed by atoms with Crippen LogP contribution in [0.1, 0.15) is 5.56 Å². The van der Waals surface area contributed by atoms with E-state index in [1.165, 1.54) is 0 Å². The van der Waals surface area contributed by atoms with Crippen LogP contribution in [0.15, 0.2) is 75.9 Å². The minimum Gasteiger partial charge on any atom is -0.493 e. The third kappa shape index (κ3) is 3.30. The lowest BCUT2D eigenvalue weighted by molar-refractivity contribution is 0.284. The van der Waals surface area contributed by atoms with Crippen molar-refractivity contribution < 1.29 is 18.4 Å². The van der Waals surface area contributed by atoms with Gasteiger partial charge in [0, 0.05) is 5.56 Å². The van der Waals surface area contributed by atoms with Crippen LogP contribution < -0.4 is 9.47 Å². The Labute approximate surface area is 150 Å². The smallest absolute Gasteiger partial charge is 0.293 e. The molecule has 26 heavy (non-hydrogen) atoms. The second-order valence-corrected chi connectivity index (χ2v) is 5.54. The SMILES string of the molecule is COc1cc(-c2noc(-c3ccco3)n2)ccc1OCc1ccccc1. The van der Waals surface area contributed by atoms with Gasteiger partial charge in [-0.3, -0.25) is 0 Å². The molecule has 2 aromatic heterocycles. The van der Waals surface area contributed by atoms with Crippen LogP contribution in [-0.2, 0) is 6.61 Å². The molecule has 0 aliphatic heterocycles. The molecule has 0 aliphatic carbocycles. The largest absolute Gasteiger partial charge is 0.493 e. The summed E-state index contributed by atoms with van der Waals surface area (Å²) in [5.74, 6) is 2.55. The second-order valence-electron chi connectivity index (χ2n) is 5.54. The third-order valence-electron chi connectivity index (χ3n) is 3.82. The summed E-state index contributed by atoms with van der Waals surface area (Å²) in [6, 6.07) is 19.0. The molecule has 0 aliphatic rings. The van der Waals surface area contributed by atoms with Crippen LogP contribution in [0, 0.1) is 0 Å². The van der Waals surface area contributed by atoms with Crippen LogP contribution in [-0.4, -0.2) is 17.3 Å². The van der Waals surface area contributed by atoms with Crippen molar-refractivity contribution in [2.75, 3.05) is 7.11 Å². The van der Waals surface area contributed by atoms with Gasteiger partial charge in [0.2, 0.25) is 5.82 Å². The standard InChI is InChI=1S/C20H16N2O4/c1-23-18-12-15(19-21-20(26-22-19)17-8-5-11-24-17)9-10-16(18)25-13-14-6-3-2-4-7-14/h2-12H,13H2,1H3. The number of benzene rings is 2. The number of furan rings is 1. The van der Waals surface area contributed by atoms with E-state index in [-0.39, 0.29) is 0 Å². The van der Waals surface area contributed by atoms with E-state index in [2.05, 4.69) is 10.1 Å². The number of methoxy groups -OCH3 is 1. The van der Waals surface area contributed by atoms with Crippen molar-refractivity contribution in [2.24, 2.45) is 0 Å². The predicted molar refractivity (Wildman–Crippen MR) is 94.8 cm³/mol. The molecule has 6 heteroatoms. The maximum absolute atomic E-state index is 5.86. The molecule has 0 radical (unpaired) electrons. The molecule has 0 saturated heterocycles. The number of ether oxygens (including phenoxy) is 2. The zero-order valence-electron chi connectivity index (χ0n) is 14.1. The molecule has 0 bridgehead atoms. The fraction of sp³-hybridized carbons (Fsp3) is 0.100. The topological polar surface area (TPSA) is 70.5 Å². The van der Waals surface area contributed by atoms with Gasteiger partial charge in [0.1, 0.15) is 6.61 Å². The highest BCUT2D eigenvalue weighted by molar-refractivity contribution is 5.62. The Hall–Kier alpha value is -3.54. The summed E-state index contributed by atoms with van der Waals surface area (Å²) in [4.78, 5) is 4.35. The summed E-state index contributed by atoms with van der Waals surface area (Å²) in [5, 5.41) is 4.00. The predicted octanol–water partition coefficient (Wildman–Crippen LogP) is 4.58. The van der Waals surface area contributed by atoms with Gasteiger partial charge in [-0.05, 0) is 35.9 Å². The van der Waals surface area contributed by atoms with E-state index in [0.717, 1.165) is 11.1 Å². The van der Waals surface area contributed by atoms with Gasteiger partial charge in [-0.25, -0.2) is 0 Å². The first-order valence-corrected chi connectivity index (χ1v) is 8.06. The van der Waals surface area contributed by atoms with Crippen molar-refractivity contribution in [2.45, 2.75) is 6.61 Å². The van der Waals surface area contributed by atoms with Crippen molar-refractivity contribution in [3.8, 4) is 34.5 Å². The van der Waals surface area contributed by atoms with Gasteiger partial charge >= 0.3 is 0 Å². The van der Waals surface area contributed by atoms with E-state index in [1.54, 1.807) is 25.5 Å². The van der Waals surface area contributed by atoms with Crippen LogP contribution in [0.25, 0.3) is 23.0 Å². The molecular weight excluding hydrogens is 332 g/mol. The molecule has 0 spiro atoms. The fourth-order valence-electron chi connectivity index (χ4n) is 2.50. The number of hydrogen-bond donors (Lipinski definition) is 0. The molecule has 130 valence electrons. The first kappa shape index (κ1) is 16.0. The molecule has 4 aromatic rings. The van der Waals surface area contributed by atoms with Crippen molar-refractivity contribution in [3.05, 3.63) is 72.5 Å². The highest BCUT2D eigenvalue weighted by atomic mass is 16.5. The second kappa shape index (κ2) is 7.14. The molecule has 2 aromatic carbocycles. The lowest BCUT2D eigenvalue weighted by Gasteiger charge is -2.11. The highest BCUT2D eigenvalue weighted by Crippen LogP contribution is 2.32. The summed E-state index contributed by atoms with van der Waals surface area (Å²) < 4.78 is 21.8. The molecule has 2 heterocycles. The van der Waals surface area contributed by atoms with Gasteiger partial charge in [-0.1, -0.05) is 35.5 Å². The van der Waals surface area contributed by atoms with Gasteiger partial charge < -0.3 is 18.4 Å². The molecule has 0 fully saturated rings. The molecule has 0 unspecified atom stereocenters. The summed E-state index contributed by atoms with van der Waals surface area (Å²) in [7, 11) is 1.60. The van der Waals surface area contributed by atoms with Crippen molar-refractivity contribution in [1.82, 2.24) is 10.1 Å². The molecule has 0 amide bonds. The number of aromatic nitrogens is 2. The normalized spacial score (nSPS) is 10.7. The van der Waals surface area contributed by atoms with E-state index in [0.29, 0.717) is 35.6 Å². The lowest BCUT2D eigenvalue weighted by atomic mass is 10.2. The van der Waals surface area contributed by atoms with Gasteiger partial charge in [-0.15, -0.1) is 0 Å². The average Bonchev–Trinajstić information content (AvgIpc) is 3.38. The monoisotopic (exact) mass is 348 g/mol. The van der Waals surface area contributed by atoms with E-state index in [1.807, 2.05) is 48.5 Å². The van der Waals surface area contributed by atoms with Crippen LogP contribution in [0.2, 0.25) is 0 Å². The Balaban J connectivity index is 1.55. The van der Waals surface area contributed by atoms with Crippen LogP contribution in [0.3, 0.4) is 0 Å². The first-order valence-electron chi connectivity index (χ1n) is 8.06. The lowest BCUT2D eigenvalue weighted by Crippen LogP contribution is -1.98. The van der Waals surface area contributed by atoms with Crippen molar-refractivity contribution in [3.63, 3.8) is 0 Å². The van der Waals surface area contributed by atoms with Gasteiger partial charge in [-0.2, -0.15) is 4.98 Å². The van der Waals surface area contributed by atoms with Crippen molar-refractivity contribution in [1.29, 1.82) is 0 Å². The molecule has 6 nitrogen and oxygen atoms in total. The number of rotatable bonds is 6. The Kier molecular flexibility index (Phi) is 4.38. The summed E-state index contributed by atoms with van der Waals surface area (Å²) in [6.45, 7) is 0.460. The average molecular weight is 348 g/mol. The molecule has 0 N–H and O–H groups in total. The van der Waals surface area contributed by atoms with Gasteiger partial charge in [0.25, 0.3) is 5.89 Å². The fourth-order valence-corrected chi connectivity index (χ4v) is 2.50. The quantitative estimate of drug-likeness (QED) is 0.508. The third-order valence-corrected chi connectivity index (χ3v) is 3.82. The Morgan fingerprint density at radius 1 is 0.962 bits per heavy atom. The first-order chi connectivity index (χ1) is 12.8. The molecule has 0 atom stereocenters.